The second kappa shape index (κ2) is 6.20. The lowest BCUT2D eigenvalue weighted by Crippen LogP contribution is -2.28. The van der Waals surface area contributed by atoms with Crippen LogP contribution in [-0.2, 0) is 0 Å². The molecule has 1 amide bonds. The monoisotopic (exact) mass is 339 g/mol. The van der Waals surface area contributed by atoms with Crippen LogP contribution in [0.4, 0.5) is 0 Å². The molecule has 24 heavy (non-hydrogen) atoms. The summed E-state index contributed by atoms with van der Waals surface area (Å²) < 4.78 is 5.42. The van der Waals surface area contributed by atoms with E-state index in [9.17, 15) is 4.79 Å². The molecule has 2 atom stereocenters. The molecule has 0 aliphatic carbocycles. The third kappa shape index (κ3) is 2.73. The van der Waals surface area contributed by atoms with Crippen LogP contribution < -0.4 is 0 Å². The third-order valence-electron chi connectivity index (χ3n) is 4.46. The maximum atomic E-state index is 12.7. The average molecular weight is 339 g/mol. The number of rotatable bonds is 3. The van der Waals surface area contributed by atoms with E-state index < -0.39 is 0 Å². The first-order chi connectivity index (χ1) is 11.7. The predicted octanol–water partition coefficient (Wildman–Crippen LogP) is 3.46. The van der Waals surface area contributed by atoms with Gasteiger partial charge in [0.15, 0.2) is 5.82 Å². The van der Waals surface area contributed by atoms with Crippen molar-refractivity contribution in [2.45, 2.75) is 18.8 Å². The van der Waals surface area contributed by atoms with Gasteiger partial charge in [-0.3, -0.25) is 4.79 Å². The van der Waals surface area contributed by atoms with Crippen molar-refractivity contribution in [2.75, 3.05) is 13.1 Å². The highest BCUT2D eigenvalue weighted by Crippen LogP contribution is 2.39. The van der Waals surface area contributed by atoms with Crippen LogP contribution in [0.2, 0.25) is 0 Å². The van der Waals surface area contributed by atoms with E-state index in [1.807, 2.05) is 46.8 Å². The van der Waals surface area contributed by atoms with Crippen LogP contribution in [0.25, 0.3) is 0 Å². The minimum Gasteiger partial charge on any atom is -0.339 e. The summed E-state index contributed by atoms with van der Waals surface area (Å²) in [5.74, 6) is 1.49. The van der Waals surface area contributed by atoms with E-state index in [2.05, 4.69) is 22.3 Å². The molecule has 0 saturated carbocycles. The standard InChI is InChI=1S/C18H17N3O2S/c1-12-19-17(23-20-12)16-10-21(18(22)14-7-8-24-11-14)9-15(16)13-5-3-2-4-6-13/h2-8,11,15-16H,9-10H2,1H3/t15-,16+/m1/s1. The van der Waals surface area contributed by atoms with Gasteiger partial charge in [0.1, 0.15) is 0 Å². The van der Waals surface area contributed by atoms with Crippen molar-refractivity contribution in [3.63, 3.8) is 0 Å². The van der Waals surface area contributed by atoms with Gasteiger partial charge in [-0.2, -0.15) is 16.3 Å². The molecule has 1 aliphatic rings. The Morgan fingerprint density at radius 2 is 2.00 bits per heavy atom. The first-order valence-electron chi connectivity index (χ1n) is 7.89. The van der Waals surface area contributed by atoms with E-state index in [1.165, 1.54) is 16.9 Å². The summed E-state index contributed by atoms with van der Waals surface area (Å²) in [4.78, 5) is 19.0. The SMILES string of the molecule is Cc1noc([C@H]2CN(C(=O)c3ccsc3)C[C@@H]2c2ccccc2)n1. The van der Waals surface area contributed by atoms with Crippen molar-refractivity contribution in [1.29, 1.82) is 0 Å². The van der Waals surface area contributed by atoms with E-state index in [0.717, 1.165) is 5.56 Å². The normalized spacial score (nSPS) is 20.5. The number of nitrogens with zero attached hydrogens (tertiary/aromatic N) is 3. The van der Waals surface area contributed by atoms with E-state index in [-0.39, 0.29) is 17.7 Å². The fourth-order valence-electron chi connectivity index (χ4n) is 3.29. The van der Waals surface area contributed by atoms with Crippen LogP contribution in [0, 0.1) is 6.92 Å². The molecule has 1 fully saturated rings. The number of benzene rings is 1. The molecule has 122 valence electrons. The van der Waals surface area contributed by atoms with Crippen LogP contribution in [0.15, 0.2) is 51.7 Å². The fourth-order valence-corrected chi connectivity index (χ4v) is 3.92. The molecular weight excluding hydrogens is 322 g/mol. The topological polar surface area (TPSA) is 59.2 Å². The highest BCUT2D eigenvalue weighted by Gasteiger charge is 2.40. The Morgan fingerprint density at radius 1 is 1.21 bits per heavy atom. The van der Waals surface area contributed by atoms with E-state index in [0.29, 0.717) is 24.8 Å². The summed E-state index contributed by atoms with van der Waals surface area (Å²) in [5, 5.41) is 7.74. The van der Waals surface area contributed by atoms with Gasteiger partial charge in [0, 0.05) is 24.4 Å². The molecular formula is C18H17N3O2S. The Hall–Kier alpha value is -2.47. The number of amides is 1. The Kier molecular flexibility index (Phi) is 3.90. The molecule has 1 aromatic carbocycles. The van der Waals surface area contributed by atoms with Crippen LogP contribution in [0.5, 0.6) is 0 Å². The molecule has 2 aromatic heterocycles. The van der Waals surface area contributed by atoms with Crippen molar-refractivity contribution in [3.8, 4) is 0 Å². The Balaban J connectivity index is 1.66. The number of carbonyl (C=O) groups excluding carboxylic acids is 1. The molecule has 0 spiro atoms. The van der Waals surface area contributed by atoms with Gasteiger partial charge in [-0.05, 0) is 23.9 Å². The third-order valence-corrected chi connectivity index (χ3v) is 5.15. The van der Waals surface area contributed by atoms with Gasteiger partial charge >= 0.3 is 0 Å². The molecule has 0 bridgehead atoms. The summed E-state index contributed by atoms with van der Waals surface area (Å²) >= 11 is 1.54. The lowest BCUT2D eigenvalue weighted by atomic mass is 9.89. The Bertz CT molecular complexity index is 829. The molecule has 0 unspecified atom stereocenters. The summed E-state index contributed by atoms with van der Waals surface area (Å²) in [7, 11) is 0. The van der Waals surface area contributed by atoms with Gasteiger partial charge in [0.05, 0.1) is 11.5 Å². The van der Waals surface area contributed by atoms with Crippen molar-refractivity contribution in [1.82, 2.24) is 15.0 Å². The van der Waals surface area contributed by atoms with Crippen molar-refractivity contribution >= 4 is 17.2 Å². The van der Waals surface area contributed by atoms with Gasteiger partial charge in [0.2, 0.25) is 5.89 Å². The molecule has 1 saturated heterocycles. The summed E-state index contributed by atoms with van der Waals surface area (Å²) in [6.45, 7) is 3.06. The van der Waals surface area contributed by atoms with E-state index >= 15 is 0 Å². The van der Waals surface area contributed by atoms with Crippen LogP contribution in [0.1, 0.15) is 39.5 Å². The van der Waals surface area contributed by atoms with Crippen molar-refractivity contribution in [3.05, 3.63) is 70.0 Å². The Morgan fingerprint density at radius 3 is 2.67 bits per heavy atom. The number of aryl methyl sites for hydroxylation is 1. The number of hydrogen-bond acceptors (Lipinski definition) is 5. The fraction of sp³-hybridized carbons (Fsp3) is 0.278. The Labute approximate surface area is 143 Å². The number of hydrogen-bond donors (Lipinski definition) is 0. The first kappa shape index (κ1) is 15.1. The van der Waals surface area contributed by atoms with Gasteiger partial charge in [-0.25, -0.2) is 0 Å². The first-order valence-corrected chi connectivity index (χ1v) is 8.83. The second-order valence-electron chi connectivity index (χ2n) is 6.03. The molecule has 0 radical (unpaired) electrons. The maximum absolute atomic E-state index is 12.7. The van der Waals surface area contributed by atoms with Crippen molar-refractivity contribution < 1.29 is 9.32 Å². The highest BCUT2D eigenvalue weighted by molar-refractivity contribution is 7.08. The van der Waals surface area contributed by atoms with Gasteiger partial charge < -0.3 is 9.42 Å². The van der Waals surface area contributed by atoms with Crippen LogP contribution in [-0.4, -0.2) is 34.0 Å². The minimum atomic E-state index is 0.0242. The molecule has 5 nitrogen and oxygen atoms in total. The molecule has 0 N–H and O–H groups in total. The number of thiophene rings is 1. The zero-order valence-electron chi connectivity index (χ0n) is 13.3. The average Bonchev–Trinajstić information content (AvgIpc) is 3.35. The van der Waals surface area contributed by atoms with E-state index in [4.69, 9.17) is 4.52 Å². The minimum absolute atomic E-state index is 0.0242. The molecule has 3 heterocycles. The molecule has 4 rings (SSSR count). The molecule has 3 aromatic rings. The van der Waals surface area contributed by atoms with Crippen LogP contribution >= 0.6 is 11.3 Å². The summed E-state index contributed by atoms with van der Waals surface area (Å²) in [5.41, 5.74) is 1.94. The van der Waals surface area contributed by atoms with Gasteiger partial charge in [0.25, 0.3) is 5.91 Å². The smallest absolute Gasteiger partial charge is 0.254 e. The largest absolute Gasteiger partial charge is 0.339 e. The summed E-state index contributed by atoms with van der Waals surface area (Å²) in [6, 6.07) is 12.1. The molecule has 1 aliphatic heterocycles. The number of aromatic nitrogens is 2. The molecule has 6 heteroatoms. The van der Waals surface area contributed by atoms with Crippen molar-refractivity contribution in [2.24, 2.45) is 0 Å². The lowest BCUT2D eigenvalue weighted by molar-refractivity contribution is 0.0788. The van der Waals surface area contributed by atoms with Gasteiger partial charge in [-0.1, -0.05) is 35.5 Å². The zero-order chi connectivity index (χ0) is 16.5. The predicted molar refractivity (Wildman–Crippen MR) is 91.2 cm³/mol. The van der Waals surface area contributed by atoms with Gasteiger partial charge in [-0.15, -0.1) is 0 Å². The summed E-state index contributed by atoms with van der Waals surface area (Å²) in [6.07, 6.45) is 0. The zero-order valence-corrected chi connectivity index (χ0v) is 14.1. The number of carbonyl (C=O) groups is 1. The lowest BCUT2D eigenvalue weighted by Gasteiger charge is -2.16. The number of likely N-dealkylation sites (tertiary alicyclic amines) is 1. The van der Waals surface area contributed by atoms with E-state index in [1.54, 1.807) is 0 Å². The second-order valence-corrected chi connectivity index (χ2v) is 6.81. The maximum Gasteiger partial charge on any atom is 0.254 e. The quantitative estimate of drug-likeness (QED) is 0.733. The van der Waals surface area contributed by atoms with Crippen LogP contribution in [0.3, 0.4) is 0 Å². The highest BCUT2D eigenvalue weighted by atomic mass is 32.1.